The molecule has 1 unspecified atom stereocenters. The number of carbonyl (C=O) groups excluding carboxylic acids is 1. The van der Waals surface area contributed by atoms with E-state index < -0.39 is 0 Å². The van der Waals surface area contributed by atoms with Gasteiger partial charge in [0.25, 0.3) is 0 Å². The molecule has 0 aromatic heterocycles. The third kappa shape index (κ3) is 4.46. The van der Waals surface area contributed by atoms with E-state index in [-0.39, 0.29) is 12.1 Å². The van der Waals surface area contributed by atoms with E-state index in [1.807, 2.05) is 0 Å². The average Bonchev–Trinajstić information content (AvgIpc) is 2.65. The first kappa shape index (κ1) is 11.3. The van der Waals surface area contributed by atoms with Crippen LogP contribution in [0.5, 0.6) is 0 Å². The molecule has 0 aliphatic carbocycles. The summed E-state index contributed by atoms with van der Waals surface area (Å²) in [7, 11) is 0. The molecule has 0 saturated carbocycles. The van der Waals surface area contributed by atoms with Gasteiger partial charge in [0.2, 0.25) is 0 Å². The van der Waals surface area contributed by atoms with Gasteiger partial charge in [0.15, 0.2) is 0 Å². The molecular formula is C10H20N2O2. The van der Waals surface area contributed by atoms with Gasteiger partial charge >= 0.3 is 6.03 Å². The Morgan fingerprint density at radius 3 is 3.00 bits per heavy atom. The van der Waals surface area contributed by atoms with Crippen LogP contribution in [0.25, 0.3) is 0 Å². The van der Waals surface area contributed by atoms with Crippen LogP contribution in [0.2, 0.25) is 0 Å². The number of ether oxygens (including phenoxy) is 1. The molecule has 0 aromatic rings. The third-order valence-electron chi connectivity index (χ3n) is 2.33. The van der Waals surface area contributed by atoms with Crippen molar-refractivity contribution in [3.8, 4) is 0 Å². The van der Waals surface area contributed by atoms with Crippen LogP contribution in [0.1, 0.15) is 32.6 Å². The first-order valence-corrected chi connectivity index (χ1v) is 5.45. The Balaban J connectivity index is 1.98. The Morgan fingerprint density at radius 1 is 1.50 bits per heavy atom. The average molecular weight is 200 g/mol. The van der Waals surface area contributed by atoms with Crippen LogP contribution in [-0.4, -0.2) is 31.8 Å². The Bertz CT molecular complexity index is 168. The molecule has 2 N–H and O–H groups in total. The van der Waals surface area contributed by atoms with Gasteiger partial charge in [0, 0.05) is 13.2 Å². The summed E-state index contributed by atoms with van der Waals surface area (Å²) in [4.78, 5) is 11.3. The summed E-state index contributed by atoms with van der Waals surface area (Å²) in [6, 6.07) is 0.151. The minimum atomic E-state index is -0.0587. The second-order valence-electron chi connectivity index (χ2n) is 3.67. The molecule has 4 heteroatoms. The minimum absolute atomic E-state index is 0.0587. The lowest BCUT2D eigenvalue weighted by atomic mass is 10.2. The van der Waals surface area contributed by atoms with Crippen LogP contribution < -0.4 is 10.6 Å². The molecule has 2 amide bonds. The van der Waals surface area contributed by atoms with E-state index in [2.05, 4.69) is 17.6 Å². The summed E-state index contributed by atoms with van der Waals surface area (Å²) in [5.41, 5.74) is 0. The molecule has 1 rings (SSSR count). The Labute approximate surface area is 85.4 Å². The minimum Gasteiger partial charge on any atom is -0.379 e. The molecule has 4 nitrogen and oxygen atoms in total. The van der Waals surface area contributed by atoms with Crippen molar-refractivity contribution in [3.63, 3.8) is 0 Å². The van der Waals surface area contributed by atoms with Gasteiger partial charge in [-0.2, -0.15) is 0 Å². The van der Waals surface area contributed by atoms with Crippen LogP contribution in [-0.2, 0) is 4.74 Å². The molecule has 1 aliphatic heterocycles. The first-order chi connectivity index (χ1) is 6.83. The summed E-state index contributed by atoms with van der Waals surface area (Å²) in [6.07, 6.45) is 4.35. The van der Waals surface area contributed by atoms with Gasteiger partial charge in [-0.25, -0.2) is 4.79 Å². The SMILES string of the molecule is CCCCCNC(=O)NC1CCOC1. The zero-order valence-corrected chi connectivity index (χ0v) is 8.84. The van der Waals surface area contributed by atoms with Gasteiger partial charge in [-0.3, -0.25) is 0 Å². The predicted octanol–water partition coefficient (Wildman–Crippen LogP) is 1.26. The maximum atomic E-state index is 11.3. The molecule has 1 atom stereocenters. The number of rotatable bonds is 5. The molecule has 0 aromatic carbocycles. The lowest BCUT2D eigenvalue weighted by Gasteiger charge is -2.11. The molecule has 1 saturated heterocycles. The second kappa shape index (κ2) is 6.65. The van der Waals surface area contributed by atoms with Gasteiger partial charge in [-0.05, 0) is 12.8 Å². The van der Waals surface area contributed by atoms with Crippen LogP contribution in [0, 0.1) is 0 Å². The molecule has 1 heterocycles. The quantitative estimate of drug-likeness (QED) is 0.656. The Kier molecular flexibility index (Phi) is 5.37. The topological polar surface area (TPSA) is 50.4 Å². The maximum Gasteiger partial charge on any atom is 0.315 e. The van der Waals surface area contributed by atoms with Crippen LogP contribution >= 0.6 is 0 Å². The van der Waals surface area contributed by atoms with E-state index in [0.717, 1.165) is 26.0 Å². The summed E-state index contributed by atoms with van der Waals surface area (Å²) in [5.74, 6) is 0. The van der Waals surface area contributed by atoms with Crippen molar-refractivity contribution >= 4 is 6.03 Å². The molecule has 0 spiro atoms. The summed E-state index contributed by atoms with van der Waals surface area (Å²) >= 11 is 0. The van der Waals surface area contributed by atoms with Crippen LogP contribution in [0.3, 0.4) is 0 Å². The smallest absolute Gasteiger partial charge is 0.315 e. The zero-order valence-electron chi connectivity index (χ0n) is 8.84. The molecule has 82 valence electrons. The van der Waals surface area contributed by atoms with E-state index in [9.17, 15) is 4.79 Å². The van der Waals surface area contributed by atoms with Crippen molar-refractivity contribution < 1.29 is 9.53 Å². The molecule has 1 aliphatic rings. The molecule has 1 fully saturated rings. The monoisotopic (exact) mass is 200 g/mol. The van der Waals surface area contributed by atoms with Crippen LogP contribution in [0.4, 0.5) is 4.79 Å². The van der Waals surface area contributed by atoms with Gasteiger partial charge < -0.3 is 15.4 Å². The standard InChI is InChI=1S/C10H20N2O2/c1-2-3-4-6-11-10(13)12-9-5-7-14-8-9/h9H,2-8H2,1H3,(H2,11,12,13). The Morgan fingerprint density at radius 2 is 2.36 bits per heavy atom. The molecule has 14 heavy (non-hydrogen) atoms. The fourth-order valence-corrected chi connectivity index (χ4v) is 1.46. The number of hydrogen-bond donors (Lipinski definition) is 2. The largest absolute Gasteiger partial charge is 0.379 e. The number of carbonyl (C=O) groups is 1. The van der Waals surface area contributed by atoms with Crippen molar-refractivity contribution in [2.24, 2.45) is 0 Å². The van der Waals surface area contributed by atoms with Gasteiger partial charge in [0.05, 0.1) is 12.6 Å². The lowest BCUT2D eigenvalue weighted by molar-refractivity contribution is 0.188. The summed E-state index contributed by atoms with van der Waals surface area (Å²) in [6.45, 7) is 4.34. The van der Waals surface area contributed by atoms with Crippen molar-refractivity contribution in [3.05, 3.63) is 0 Å². The third-order valence-corrected chi connectivity index (χ3v) is 2.33. The second-order valence-corrected chi connectivity index (χ2v) is 3.67. The van der Waals surface area contributed by atoms with Crippen molar-refractivity contribution in [2.45, 2.75) is 38.6 Å². The van der Waals surface area contributed by atoms with E-state index in [1.165, 1.54) is 12.8 Å². The first-order valence-electron chi connectivity index (χ1n) is 5.45. The molecule has 0 bridgehead atoms. The zero-order chi connectivity index (χ0) is 10.2. The molecular weight excluding hydrogens is 180 g/mol. The van der Waals surface area contributed by atoms with E-state index in [4.69, 9.17) is 4.74 Å². The van der Waals surface area contributed by atoms with Gasteiger partial charge in [0.1, 0.15) is 0 Å². The highest BCUT2D eigenvalue weighted by molar-refractivity contribution is 5.74. The number of unbranched alkanes of at least 4 members (excludes halogenated alkanes) is 2. The number of nitrogens with one attached hydrogen (secondary N) is 2. The van der Waals surface area contributed by atoms with Gasteiger partial charge in [-0.1, -0.05) is 19.8 Å². The normalized spacial score (nSPS) is 20.8. The lowest BCUT2D eigenvalue weighted by Crippen LogP contribution is -2.42. The number of amides is 2. The number of urea groups is 1. The predicted molar refractivity (Wildman–Crippen MR) is 55.3 cm³/mol. The van der Waals surface area contributed by atoms with Crippen molar-refractivity contribution in [2.75, 3.05) is 19.8 Å². The maximum absolute atomic E-state index is 11.3. The van der Waals surface area contributed by atoms with Crippen molar-refractivity contribution in [1.29, 1.82) is 0 Å². The van der Waals surface area contributed by atoms with E-state index >= 15 is 0 Å². The highest BCUT2D eigenvalue weighted by Crippen LogP contribution is 2.02. The van der Waals surface area contributed by atoms with Gasteiger partial charge in [-0.15, -0.1) is 0 Å². The fourth-order valence-electron chi connectivity index (χ4n) is 1.46. The van der Waals surface area contributed by atoms with Crippen molar-refractivity contribution in [1.82, 2.24) is 10.6 Å². The van der Waals surface area contributed by atoms with Crippen LogP contribution in [0.15, 0.2) is 0 Å². The highest BCUT2D eigenvalue weighted by atomic mass is 16.5. The van der Waals surface area contributed by atoms with E-state index in [0.29, 0.717) is 6.61 Å². The summed E-state index contributed by atoms with van der Waals surface area (Å²) < 4.78 is 5.16. The molecule has 0 radical (unpaired) electrons. The fraction of sp³-hybridized carbons (Fsp3) is 0.900. The highest BCUT2D eigenvalue weighted by Gasteiger charge is 2.16. The van der Waals surface area contributed by atoms with E-state index in [1.54, 1.807) is 0 Å². The number of hydrogen-bond acceptors (Lipinski definition) is 2. The summed E-state index contributed by atoms with van der Waals surface area (Å²) in [5, 5.41) is 5.72. The Hall–Kier alpha value is -0.770.